The van der Waals surface area contributed by atoms with E-state index in [9.17, 15) is 9.90 Å². The van der Waals surface area contributed by atoms with Crippen molar-refractivity contribution in [3.63, 3.8) is 0 Å². The zero-order valence-electron chi connectivity index (χ0n) is 11.6. The first-order chi connectivity index (χ1) is 11.0. The van der Waals surface area contributed by atoms with Gasteiger partial charge in [0.25, 0.3) is 0 Å². The summed E-state index contributed by atoms with van der Waals surface area (Å²) in [6.07, 6.45) is 0.349. The Morgan fingerprint density at radius 2 is 1.91 bits per heavy atom. The summed E-state index contributed by atoms with van der Waals surface area (Å²) in [5.74, 6) is 0.598. The first-order valence-electron chi connectivity index (χ1n) is 6.53. The lowest BCUT2D eigenvalue weighted by Crippen LogP contribution is -2.09. The molecule has 0 unspecified atom stereocenters. The maximum Gasteiger partial charge on any atom is 0.410 e. The molecule has 116 valence electrons. The van der Waals surface area contributed by atoms with Crippen molar-refractivity contribution in [3.05, 3.63) is 47.6 Å². The van der Waals surface area contributed by atoms with Crippen LogP contribution in [0.2, 0.25) is 5.02 Å². The summed E-state index contributed by atoms with van der Waals surface area (Å²) in [5, 5.41) is 25.7. The van der Waals surface area contributed by atoms with Crippen molar-refractivity contribution in [1.82, 2.24) is 9.97 Å². The Bertz CT molecular complexity index is 901. The van der Waals surface area contributed by atoms with Crippen LogP contribution in [0.4, 0.5) is 22.2 Å². The van der Waals surface area contributed by atoms with Crippen LogP contribution in [0.5, 0.6) is 5.75 Å². The predicted octanol–water partition coefficient (Wildman–Crippen LogP) is 3.82. The fraction of sp³-hybridized carbons (Fsp3) is 0. The molecule has 4 N–H and O–H groups in total. The van der Waals surface area contributed by atoms with Gasteiger partial charge in [0.15, 0.2) is 0 Å². The maximum atomic E-state index is 10.7. The van der Waals surface area contributed by atoms with Crippen LogP contribution in [-0.2, 0) is 0 Å². The molecule has 0 saturated carbocycles. The molecule has 23 heavy (non-hydrogen) atoms. The van der Waals surface area contributed by atoms with Gasteiger partial charge in [-0.3, -0.25) is 5.32 Å². The Hall–Kier alpha value is -3.06. The highest BCUT2D eigenvalue weighted by Gasteiger charge is 2.08. The Labute approximate surface area is 135 Å². The van der Waals surface area contributed by atoms with E-state index in [1.807, 2.05) is 12.1 Å². The van der Waals surface area contributed by atoms with Gasteiger partial charge in [-0.1, -0.05) is 17.7 Å². The Morgan fingerprint density at radius 1 is 1.13 bits per heavy atom. The second-order valence-electron chi connectivity index (χ2n) is 4.68. The zero-order valence-corrected chi connectivity index (χ0v) is 12.4. The van der Waals surface area contributed by atoms with Crippen molar-refractivity contribution >= 4 is 45.9 Å². The minimum absolute atomic E-state index is 0.00160. The highest BCUT2D eigenvalue weighted by Crippen LogP contribution is 2.28. The number of carbonyl (C=O) groups is 1. The zero-order chi connectivity index (χ0) is 16.4. The first-order valence-corrected chi connectivity index (χ1v) is 6.91. The van der Waals surface area contributed by atoms with E-state index in [4.69, 9.17) is 16.7 Å². The summed E-state index contributed by atoms with van der Waals surface area (Å²) >= 11 is 6.01. The molecule has 0 saturated heterocycles. The number of hydrogen-bond acceptors (Lipinski definition) is 5. The number of nitrogens with one attached hydrogen (secondary N) is 2. The number of fused-ring (bicyclic) bond motifs is 1. The van der Waals surface area contributed by atoms with E-state index in [1.54, 1.807) is 18.3 Å². The normalized spacial score (nSPS) is 10.5. The lowest BCUT2D eigenvalue weighted by Gasteiger charge is -2.10. The highest BCUT2D eigenvalue weighted by molar-refractivity contribution is 6.31. The van der Waals surface area contributed by atoms with Gasteiger partial charge in [-0.15, -0.1) is 0 Å². The van der Waals surface area contributed by atoms with E-state index in [0.717, 1.165) is 10.8 Å². The summed E-state index contributed by atoms with van der Waals surface area (Å²) in [6, 6.07) is 9.79. The average Bonchev–Trinajstić information content (AvgIpc) is 2.46. The molecule has 0 fully saturated rings. The molecule has 1 amide bonds. The third-order valence-corrected chi connectivity index (χ3v) is 3.25. The molecule has 3 rings (SSSR count). The number of carboxylic acid groups (broad SMARTS) is 1. The molecule has 7 nitrogen and oxygen atoms in total. The van der Waals surface area contributed by atoms with E-state index < -0.39 is 6.09 Å². The minimum Gasteiger partial charge on any atom is -0.508 e. The molecule has 0 bridgehead atoms. The number of aromatic hydroxyl groups is 1. The van der Waals surface area contributed by atoms with Gasteiger partial charge in [-0.05, 0) is 23.6 Å². The van der Waals surface area contributed by atoms with Crippen molar-refractivity contribution in [1.29, 1.82) is 0 Å². The summed E-state index contributed by atoms with van der Waals surface area (Å²) in [6.45, 7) is 0. The molecular weight excluding hydrogens is 320 g/mol. The van der Waals surface area contributed by atoms with E-state index in [0.29, 0.717) is 10.8 Å². The van der Waals surface area contributed by atoms with Gasteiger partial charge in [0.1, 0.15) is 23.2 Å². The van der Waals surface area contributed by atoms with Crippen molar-refractivity contribution in [2.75, 3.05) is 10.6 Å². The molecule has 0 aliphatic heterocycles. The summed E-state index contributed by atoms with van der Waals surface area (Å²) in [5.41, 5.74) is 0. The van der Waals surface area contributed by atoms with E-state index in [2.05, 4.69) is 20.6 Å². The average molecular weight is 331 g/mol. The van der Waals surface area contributed by atoms with Crippen LogP contribution >= 0.6 is 11.6 Å². The van der Waals surface area contributed by atoms with Crippen LogP contribution in [0, 0.1) is 0 Å². The van der Waals surface area contributed by atoms with Gasteiger partial charge >= 0.3 is 6.09 Å². The molecule has 2 aromatic heterocycles. The quantitative estimate of drug-likeness (QED) is 0.581. The SMILES string of the molecule is O=C(O)Nc1cc(O)cc(Nc2nccc3ccc(Cl)cc23)n1. The van der Waals surface area contributed by atoms with Gasteiger partial charge < -0.3 is 15.5 Å². The number of halogens is 1. The number of amides is 1. The van der Waals surface area contributed by atoms with Crippen LogP contribution in [-0.4, -0.2) is 26.3 Å². The smallest absolute Gasteiger partial charge is 0.410 e. The molecule has 0 radical (unpaired) electrons. The monoisotopic (exact) mass is 330 g/mol. The number of rotatable bonds is 3. The number of benzene rings is 1. The van der Waals surface area contributed by atoms with Gasteiger partial charge in [-0.25, -0.2) is 14.8 Å². The third-order valence-electron chi connectivity index (χ3n) is 3.02. The van der Waals surface area contributed by atoms with Crippen molar-refractivity contribution in [3.8, 4) is 5.75 Å². The molecule has 3 aromatic rings. The number of pyridine rings is 2. The largest absolute Gasteiger partial charge is 0.508 e. The Balaban J connectivity index is 2.00. The second-order valence-corrected chi connectivity index (χ2v) is 5.11. The van der Waals surface area contributed by atoms with Gasteiger partial charge in [0, 0.05) is 28.7 Å². The highest BCUT2D eigenvalue weighted by atomic mass is 35.5. The predicted molar refractivity (Wildman–Crippen MR) is 87.6 cm³/mol. The standard InChI is InChI=1S/C15H11ClN4O3/c16-9-2-1-8-3-4-17-14(11(8)5-9)19-12-6-10(21)7-13(18-12)20-15(22)23/h1-7H,(H,22,23)(H3,17,18,19,20,21). The number of aromatic nitrogens is 2. The van der Waals surface area contributed by atoms with Crippen LogP contribution in [0.1, 0.15) is 0 Å². The van der Waals surface area contributed by atoms with Crippen LogP contribution in [0.15, 0.2) is 42.6 Å². The molecule has 1 aromatic carbocycles. The summed E-state index contributed by atoms with van der Waals surface area (Å²) < 4.78 is 0. The first kappa shape index (κ1) is 14.9. The van der Waals surface area contributed by atoms with E-state index in [-0.39, 0.29) is 17.4 Å². The molecular formula is C15H11ClN4O3. The lowest BCUT2D eigenvalue weighted by molar-refractivity contribution is 0.209. The lowest BCUT2D eigenvalue weighted by atomic mass is 10.1. The van der Waals surface area contributed by atoms with Crippen molar-refractivity contribution < 1.29 is 15.0 Å². The van der Waals surface area contributed by atoms with Crippen LogP contribution in [0.25, 0.3) is 10.8 Å². The maximum absolute atomic E-state index is 10.7. The summed E-state index contributed by atoms with van der Waals surface area (Å²) in [4.78, 5) is 19.0. The van der Waals surface area contributed by atoms with E-state index in [1.165, 1.54) is 12.1 Å². The Morgan fingerprint density at radius 3 is 2.70 bits per heavy atom. The molecule has 0 atom stereocenters. The van der Waals surface area contributed by atoms with Crippen molar-refractivity contribution in [2.45, 2.75) is 0 Å². The van der Waals surface area contributed by atoms with E-state index >= 15 is 0 Å². The van der Waals surface area contributed by atoms with Gasteiger partial charge in [-0.2, -0.15) is 0 Å². The van der Waals surface area contributed by atoms with Crippen LogP contribution in [0.3, 0.4) is 0 Å². The summed E-state index contributed by atoms with van der Waals surface area (Å²) in [7, 11) is 0. The molecule has 2 heterocycles. The van der Waals surface area contributed by atoms with Gasteiger partial charge in [0.2, 0.25) is 0 Å². The molecule has 0 spiro atoms. The third kappa shape index (κ3) is 3.41. The second kappa shape index (κ2) is 5.98. The number of hydrogen-bond donors (Lipinski definition) is 4. The fourth-order valence-corrected chi connectivity index (χ4v) is 2.29. The number of nitrogens with zero attached hydrogens (tertiary/aromatic N) is 2. The van der Waals surface area contributed by atoms with Crippen LogP contribution < -0.4 is 10.6 Å². The molecule has 0 aliphatic carbocycles. The fourth-order valence-electron chi connectivity index (χ4n) is 2.12. The Kier molecular flexibility index (Phi) is 3.86. The minimum atomic E-state index is -1.27. The van der Waals surface area contributed by atoms with Crippen molar-refractivity contribution in [2.24, 2.45) is 0 Å². The van der Waals surface area contributed by atoms with Gasteiger partial charge in [0.05, 0.1) is 0 Å². The molecule has 0 aliphatic rings. The number of anilines is 3. The topological polar surface area (TPSA) is 107 Å². The molecule has 8 heteroatoms.